The Kier molecular flexibility index (Phi) is 3.53. The summed E-state index contributed by atoms with van der Waals surface area (Å²) >= 11 is 0. The smallest absolute Gasteiger partial charge is 0.271 e. The molecule has 6 heteroatoms. The molecule has 1 aromatic rings. The van der Waals surface area contributed by atoms with E-state index in [0.29, 0.717) is 11.5 Å². The molecule has 1 heterocycles. The number of carbonyl (C=O) groups is 1. The minimum absolute atomic E-state index is 0.181. The fraction of sp³-hybridized carbons (Fsp3) is 0.545. The van der Waals surface area contributed by atoms with Gasteiger partial charge in [0.1, 0.15) is 11.5 Å². The molecule has 0 spiro atoms. The van der Waals surface area contributed by atoms with Gasteiger partial charge in [-0.2, -0.15) is 0 Å². The van der Waals surface area contributed by atoms with E-state index < -0.39 is 0 Å². The summed E-state index contributed by atoms with van der Waals surface area (Å²) in [5.74, 6) is 0.462. The highest BCUT2D eigenvalue weighted by molar-refractivity contribution is 5.92. The summed E-state index contributed by atoms with van der Waals surface area (Å²) in [6, 6.07) is 0.193. The van der Waals surface area contributed by atoms with Crippen molar-refractivity contribution in [1.82, 2.24) is 15.3 Å². The zero-order chi connectivity index (χ0) is 12.3. The van der Waals surface area contributed by atoms with Crippen molar-refractivity contribution in [2.24, 2.45) is 0 Å². The van der Waals surface area contributed by atoms with Crippen LogP contribution in [-0.2, 0) is 4.74 Å². The Morgan fingerprint density at radius 1 is 1.41 bits per heavy atom. The van der Waals surface area contributed by atoms with Gasteiger partial charge >= 0.3 is 0 Å². The monoisotopic (exact) mass is 236 g/mol. The number of hydrogen-bond donors (Lipinski definition) is 2. The number of anilines is 1. The summed E-state index contributed by atoms with van der Waals surface area (Å²) in [4.78, 5) is 19.8. The van der Waals surface area contributed by atoms with Gasteiger partial charge in [-0.1, -0.05) is 0 Å². The lowest BCUT2D eigenvalue weighted by Crippen LogP contribution is -2.47. The molecule has 1 aliphatic carbocycles. The molecule has 92 valence electrons. The van der Waals surface area contributed by atoms with Gasteiger partial charge in [-0.25, -0.2) is 9.97 Å². The van der Waals surface area contributed by atoms with Crippen LogP contribution in [0.5, 0.6) is 0 Å². The van der Waals surface area contributed by atoms with Crippen LogP contribution in [0.4, 0.5) is 5.82 Å². The lowest BCUT2D eigenvalue weighted by atomic mass is 9.89. The predicted octanol–water partition coefficient (Wildman–Crippen LogP) is 0.425. The number of aromatic nitrogens is 2. The minimum atomic E-state index is -0.181. The van der Waals surface area contributed by atoms with Crippen LogP contribution in [0.25, 0.3) is 0 Å². The molecule has 2 N–H and O–H groups in total. The van der Waals surface area contributed by atoms with Gasteiger partial charge in [-0.3, -0.25) is 4.79 Å². The number of hydrogen-bond acceptors (Lipinski definition) is 5. The standard InChI is InChI=1S/C11H16N4O2/c1-12-10-6-13-9(5-14-10)11(16)15-7-3-8(4-7)17-2/h5-8H,3-4H2,1-2H3,(H,12,14)(H,15,16). The number of nitrogens with one attached hydrogen (secondary N) is 2. The number of amides is 1. The molecular weight excluding hydrogens is 220 g/mol. The van der Waals surface area contributed by atoms with Crippen molar-refractivity contribution in [2.45, 2.75) is 25.0 Å². The number of rotatable bonds is 4. The van der Waals surface area contributed by atoms with E-state index >= 15 is 0 Å². The maximum Gasteiger partial charge on any atom is 0.271 e. The minimum Gasteiger partial charge on any atom is -0.381 e. The van der Waals surface area contributed by atoms with Crippen molar-refractivity contribution < 1.29 is 9.53 Å². The highest BCUT2D eigenvalue weighted by atomic mass is 16.5. The highest BCUT2D eigenvalue weighted by Gasteiger charge is 2.30. The van der Waals surface area contributed by atoms with Gasteiger partial charge in [0.15, 0.2) is 0 Å². The Hall–Kier alpha value is -1.69. The van der Waals surface area contributed by atoms with Gasteiger partial charge < -0.3 is 15.4 Å². The van der Waals surface area contributed by atoms with Crippen molar-refractivity contribution in [3.63, 3.8) is 0 Å². The van der Waals surface area contributed by atoms with Gasteiger partial charge in [0, 0.05) is 20.2 Å². The molecule has 0 bridgehead atoms. The molecule has 1 saturated carbocycles. The maximum absolute atomic E-state index is 11.8. The van der Waals surface area contributed by atoms with Crippen LogP contribution < -0.4 is 10.6 Å². The average Bonchev–Trinajstić information content (AvgIpc) is 2.33. The van der Waals surface area contributed by atoms with E-state index in [1.165, 1.54) is 12.4 Å². The summed E-state index contributed by atoms with van der Waals surface area (Å²) < 4.78 is 5.15. The lowest BCUT2D eigenvalue weighted by Gasteiger charge is -2.34. The fourth-order valence-corrected chi connectivity index (χ4v) is 1.71. The second-order valence-electron chi connectivity index (χ2n) is 4.04. The van der Waals surface area contributed by atoms with Gasteiger partial charge in [-0.05, 0) is 12.8 Å². The van der Waals surface area contributed by atoms with Crippen LogP contribution in [0.3, 0.4) is 0 Å². The Balaban J connectivity index is 1.87. The predicted molar refractivity (Wildman–Crippen MR) is 62.9 cm³/mol. The normalized spacial score (nSPS) is 22.7. The fourth-order valence-electron chi connectivity index (χ4n) is 1.71. The first kappa shape index (κ1) is 11.8. The van der Waals surface area contributed by atoms with E-state index in [0.717, 1.165) is 12.8 Å². The first-order valence-electron chi connectivity index (χ1n) is 5.56. The second-order valence-corrected chi connectivity index (χ2v) is 4.04. The van der Waals surface area contributed by atoms with Gasteiger partial charge in [0.05, 0.1) is 18.5 Å². The molecule has 0 radical (unpaired) electrons. The van der Waals surface area contributed by atoms with E-state index in [-0.39, 0.29) is 18.1 Å². The first-order valence-corrected chi connectivity index (χ1v) is 5.56. The van der Waals surface area contributed by atoms with E-state index in [4.69, 9.17) is 4.74 Å². The third kappa shape index (κ3) is 2.71. The molecule has 1 fully saturated rings. The average molecular weight is 236 g/mol. The third-order valence-electron chi connectivity index (χ3n) is 2.90. The summed E-state index contributed by atoms with van der Waals surface area (Å²) in [6.45, 7) is 0. The first-order chi connectivity index (χ1) is 8.22. The van der Waals surface area contributed by atoms with E-state index in [9.17, 15) is 4.79 Å². The lowest BCUT2D eigenvalue weighted by molar-refractivity contribution is 0.0175. The molecule has 2 rings (SSSR count). The molecule has 1 aliphatic rings. The van der Waals surface area contributed by atoms with Crippen LogP contribution in [-0.4, -0.2) is 42.2 Å². The molecule has 0 unspecified atom stereocenters. The molecule has 1 aromatic heterocycles. The summed E-state index contributed by atoms with van der Waals surface area (Å²) in [7, 11) is 3.44. The van der Waals surface area contributed by atoms with Crippen LogP contribution in [0.15, 0.2) is 12.4 Å². The topological polar surface area (TPSA) is 76.1 Å². The Morgan fingerprint density at radius 2 is 2.18 bits per heavy atom. The van der Waals surface area contributed by atoms with Crippen LogP contribution in [0.2, 0.25) is 0 Å². The number of nitrogens with zero attached hydrogens (tertiary/aromatic N) is 2. The molecular formula is C11H16N4O2. The van der Waals surface area contributed by atoms with Crippen LogP contribution >= 0.6 is 0 Å². The van der Waals surface area contributed by atoms with E-state index in [1.807, 2.05) is 0 Å². The molecule has 0 saturated heterocycles. The van der Waals surface area contributed by atoms with E-state index in [1.54, 1.807) is 14.2 Å². The highest BCUT2D eigenvalue weighted by Crippen LogP contribution is 2.22. The third-order valence-corrected chi connectivity index (χ3v) is 2.90. The van der Waals surface area contributed by atoms with Crippen molar-refractivity contribution in [3.05, 3.63) is 18.1 Å². The molecule has 1 amide bonds. The Labute approximate surface area is 99.8 Å². The molecule has 0 aromatic carbocycles. The van der Waals surface area contributed by atoms with Crippen LogP contribution in [0, 0.1) is 0 Å². The molecule has 0 aliphatic heterocycles. The molecule has 0 atom stereocenters. The SMILES string of the molecule is CNc1cnc(C(=O)NC2CC(OC)C2)cn1. The van der Waals surface area contributed by atoms with Gasteiger partial charge in [-0.15, -0.1) is 0 Å². The molecule has 6 nitrogen and oxygen atoms in total. The van der Waals surface area contributed by atoms with Crippen molar-refractivity contribution in [3.8, 4) is 0 Å². The summed E-state index contributed by atoms with van der Waals surface area (Å²) in [5, 5.41) is 5.74. The number of methoxy groups -OCH3 is 1. The maximum atomic E-state index is 11.8. The summed E-state index contributed by atoms with van der Waals surface area (Å²) in [6.07, 6.45) is 5.01. The second kappa shape index (κ2) is 5.09. The van der Waals surface area contributed by atoms with Crippen molar-refractivity contribution in [1.29, 1.82) is 0 Å². The largest absolute Gasteiger partial charge is 0.381 e. The number of ether oxygens (including phenoxy) is 1. The van der Waals surface area contributed by atoms with Crippen molar-refractivity contribution >= 4 is 11.7 Å². The van der Waals surface area contributed by atoms with Gasteiger partial charge in [0.2, 0.25) is 0 Å². The zero-order valence-electron chi connectivity index (χ0n) is 9.93. The van der Waals surface area contributed by atoms with Crippen molar-refractivity contribution in [2.75, 3.05) is 19.5 Å². The molecule has 17 heavy (non-hydrogen) atoms. The zero-order valence-corrected chi connectivity index (χ0v) is 9.93. The Bertz CT molecular complexity index is 387. The van der Waals surface area contributed by atoms with Gasteiger partial charge in [0.25, 0.3) is 5.91 Å². The van der Waals surface area contributed by atoms with Crippen LogP contribution in [0.1, 0.15) is 23.3 Å². The summed E-state index contributed by atoms with van der Waals surface area (Å²) in [5.41, 5.74) is 0.338. The van der Waals surface area contributed by atoms with E-state index in [2.05, 4.69) is 20.6 Å². The quantitative estimate of drug-likeness (QED) is 0.792. The Morgan fingerprint density at radius 3 is 2.71 bits per heavy atom. The number of carbonyl (C=O) groups excluding carboxylic acids is 1.